The number of hydrogen-bond acceptors (Lipinski definition) is 3. The zero-order valence-corrected chi connectivity index (χ0v) is 12.9. The third kappa shape index (κ3) is 2.90. The number of hydrogen-bond donors (Lipinski definition) is 1. The van der Waals surface area contributed by atoms with Crippen molar-refractivity contribution < 1.29 is 9.53 Å². The normalized spacial score (nSPS) is 28.3. The van der Waals surface area contributed by atoms with Gasteiger partial charge in [-0.2, -0.15) is 0 Å². The summed E-state index contributed by atoms with van der Waals surface area (Å²) < 4.78 is 5.91. The van der Waals surface area contributed by atoms with Gasteiger partial charge in [-0.05, 0) is 43.4 Å². The Morgan fingerprint density at radius 3 is 3.05 bits per heavy atom. The molecule has 1 N–H and O–H groups in total. The fourth-order valence-electron chi connectivity index (χ4n) is 3.83. The van der Waals surface area contributed by atoms with Gasteiger partial charge in [0.1, 0.15) is 0 Å². The smallest absolute Gasteiger partial charge is 0.155 e. The van der Waals surface area contributed by atoms with Crippen LogP contribution in [0.1, 0.15) is 56.3 Å². The van der Waals surface area contributed by atoms with Crippen molar-refractivity contribution in [3.8, 4) is 0 Å². The highest BCUT2D eigenvalue weighted by Crippen LogP contribution is 2.34. The van der Waals surface area contributed by atoms with Gasteiger partial charge in [0.05, 0.1) is 18.2 Å². The summed E-state index contributed by atoms with van der Waals surface area (Å²) >= 11 is 0. The average molecular weight is 287 g/mol. The highest BCUT2D eigenvalue weighted by Gasteiger charge is 2.40. The predicted molar refractivity (Wildman–Crippen MR) is 83.3 cm³/mol. The summed E-state index contributed by atoms with van der Waals surface area (Å²) in [5.74, 6) is 0.337. The molecule has 3 nitrogen and oxygen atoms in total. The zero-order chi connectivity index (χ0) is 14.7. The second-order valence-electron chi connectivity index (χ2n) is 6.30. The van der Waals surface area contributed by atoms with Crippen molar-refractivity contribution in [2.75, 3.05) is 13.2 Å². The Labute approximate surface area is 127 Å². The lowest BCUT2D eigenvalue weighted by molar-refractivity contribution is -0.128. The maximum atomic E-state index is 12.9. The van der Waals surface area contributed by atoms with Crippen molar-refractivity contribution in [3.63, 3.8) is 0 Å². The molecule has 3 heteroatoms. The van der Waals surface area contributed by atoms with E-state index in [1.165, 1.54) is 11.1 Å². The van der Waals surface area contributed by atoms with Crippen molar-refractivity contribution in [1.82, 2.24) is 5.32 Å². The lowest BCUT2D eigenvalue weighted by Gasteiger charge is -2.31. The standard InChI is InChI=1S/C18H25NO2/c1-2-9-18(10-5-11-19-18)17(20)13-16-15-7-4-3-6-14(15)8-12-21-16/h3-4,6-7,16,19H,2,5,8-13H2,1H3. The summed E-state index contributed by atoms with van der Waals surface area (Å²) in [6.07, 6.45) is 5.48. The van der Waals surface area contributed by atoms with Crippen molar-refractivity contribution in [3.05, 3.63) is 35.4 Å². The monoisotopic (exact) mass is 287 g/mol. The molecule has 2 aliphatic rings. The Balaban J connectivity index is 1.76. The Morgan fingerprint density at radius 2 is 2.29 bits per heavy atom. The van der Waals surface area contributed by atoms with E-state index < -0.39 is 0 Å². The fourth-order valence-corrected chi connectivity index (χ4v) is 3.83. The molecule has 114 valence electrons. The van der Waals surface area contributed by atoms with Crippen LogP contribution < -0.4 is 5.32 Å². The highest BCUT2D eigenvalue weighted by molar-refractivity contribution is 5.89. The largest absolute Gasteiger partial charge is 0.373 e. The van der Waals surface area contributed by atoms with Gasteiger partial charge in [-0.15, -0.1) is 0 Å². The van der Waals surface area contributed by atoms with Gasteiger partial charge in [-0.1, -0.05) is 37.6 Å². The first-order valence-electron chi connectivity index (χ1n) is 8.23. The van der Waals surface area contributed by atoms with E-state index in [4.69, 9.17) is 4.74 Å². The van der Waals surface area contributed by atoms with Gasteiger partial charge in [0.2, 0.25) is 0 Å². The first-order valence-corrected chi connectivity index (χ1v) is 8.23. The van der Waals surface area contributed by atoms with Crippen LogP contribution in [0.4, 0.5) is 0 Å². The maximum absolute atomic E-state index is 12.9. The molecule has 0 radical (unpaired) electrons. The number of ketones is 1. The topological polar surface area (TPSA) is 38.3 Å². The highest BCUT2D eigenvalue weighted by atomic mass is 16.5. The van der Waals surface area contributed by atoms with Gasteiger partial charge in [0, 0.05) is 6.42 Å². The van der Waals surface area contributed by atoms with Gasteiger partial charge in [-0.25, -0.2) is 0 Å². The molecule has 3 rings (SSSR count). The van der Waals surface area contributed by atoms with Gasteiger partial charge >= 0.3 is 0 Å². The molecule has 0 aromatic heterocycles. The van der Waals surface area contributed by atoms with E-state index in [0.29, 0.717) is 12.2 Å². The van der Waals surface area contributed by atoms with Crippen LogP contribution >= 0.6 is 0 Å². The Morgan fingerprint density at radius 1 is 1.43 bits per heavy atom. The molecule has 0 bridgehead atoms. The van der Waals surface area contributed by atoms with Gasteiger partial charge in [0.15, 0.2) is 5.78 Å². The molecule has 0 aliphatic carbocycles. The van der Waals surface area contributed by atoms with Crippen LogP contribution in [0.15, 0.2) is 24.3 Å². The predicted octanol–water partition coefficient (Wildman–Crippen LogP) is 3.18. The van der Waals surface area contributed by atoms with E-state index in [0.717, 1.165) is 45.3 Å². The first-order chi connectivity index (χ1) is 10.2. The van der Waals surface area contributed by atoms with E-state index >= 15 is 0 Å². The van der Waals surface area contributed by atoms with Crippen molar-refractivity contribution >= 4 is 5.78 Å². The Kier molecular flexibility index (Phi) is 4.41. The summed E-state index contributed by atoms with van der Waals surface area (Å²) in [7, 11) is 0. The minimum atomic E-state index is -0.287. The van der Waals surface area contributed by atoms with Crippen molar-refractivity contribution in [1.29, 1.82) is 0 Å². The molecular weight excluding hydrogens is 262 g/mol. The van der Waals surface area contributed by atoms with E-state index in [2.05, 4.69) is 30.4 Å². The van der Waals surface area contributed by atoms with Crippen LogP contribution in [0.3, 0.4) is 0 Å². The molecular formula is C18H25NO2. The molecule has 0 saturated carbocycles. The van der Waals surface area contributed by atoms with Crippen LogP contribution in [-0.4, -0.2) is 24.5 Å². The Bertz CT molecular complexity index is 506. The number of benzene rings is 1. The van der Waals surface area contributed by atoms with Crippen LogP contribution in [0.5, 0.6) is 0 Å². The summed E-state index contributed by atoms with van der Waals surface area (Å²) in [5.41, 5.74) is 2.26. The lowest BCUT2D eigenvalue weighted by Crippen LogP contribution is -2.48. The molecule has 2 unspecified atom stereocenters. The van der Waals surface area contributed by atoms with Crippen LogP contribution in [0, 0.1) is 0 Å². The van der Waals surface area contributed by atoms with E-state index in [9.17, 15) is 4.79 Å². The fraction of sp³-hybridized carbons (Fsp3) is 0.611. The zero-order valence-electron chi connectivity index (χ0n) is 12.9. The molecule has 1 saturated heterocycles. The third-order valence-corrected chi connectivity index (χ3v) is 4.92. The average Bonchev–Trinajstić information content (AvgIpc) is 2.98. The first kappa shape index (κ1) is 14.7. The van der Waals surface area contributed by atoms with E-state index in [1.54, 1.807) is 0 Å². The molecule has 0 amide bonds. The number of fused-ring (bicyclic) bond motifs is 1. The summed E-state index contributed by atoms with van der Waals surface area (Å²) in [6, 6.07) is 8.38. The van der Waals surface area contributed by atoms with Crippen LogP contribution in [0.2, 0.25) is 0 Å². The third-order valence-electron chi connectivity index (χ3n) is 4.92. The van der Waals surface area contributed by atoms with Gasteiger partial charge in [-0.3, -0.25) is 4.79 Å². The van der Waals surface area contributed by atoms with E-state index in [1.807, 2.05) is 6.07 Å². The summed E-state index contributed by atoms with van der Waals surface area (Å²) in [4.78, 5) is 12.9. The van der Waals surface area contributed by atoms with Gasteiger partial charge < -0.3 is 10.1 Å². The number of nitrogens with one attached hydrogen (secondary N) is 1. The van der Waals surface area contributed by atoms with Gasteiger partial charge in [0.25, 0.3) is 0 Å². The number of rotatable bonds is 5. The minimum Gasteiger partial charge on any atom is -0.373 e. The number of ether oxygens (including phenoxy) is 1. The molecule has 0 spiro atoms. The minimum absolute atomic E-state index is 0.0569. The quantitative estimate of drug-likeness (QED) is 0.904. The number of Topliss-reactive ketones (excluding diaryl/α,β-unsaturated/α-hetero) is 1. The molecule has 21 heavy (non-hydrogen) atoms. The molecule has 1 aromatic carbocycles. The molecule has 2 aliphatic heterocycles. The number of carbonyl (C=O) groups excluding carboxylic acids is 1. The van der Waals surface area contributed by atoms with Crippen LogP contribution in [-0.2, 0) is 16.0 Å². The van der Waals surface area contributed by atoms with Crippen molar-refractivity contribution in [2.24, 2.45) is 0 Å². The Hall–Kier alpha value is -1.19. The summed E-state index contributed by atoms with van der Waals surface area (Å²) in [6.45, 7) is 3.85. The SMILES string of the molecule is CCCC1(C(=O)CC2OCCc3ccccc32)CCCN1. The van der Waals surface area contributed by atoms with Crippen LogP contribution in [0.25, 0.3) is 0 Å². The molecule has 2 heterocycles. The second-order valence-corrected chi connectivity index (χ2v) is 6.30. The molecule has 1 fully saturated rings. The molecule has 1 aromatic rings. The number of carbonyl (C=O) groups is 1. The second kappa shape index (κ2) is 6.29. The maximum Gasteiger partial charge on any atom is 0.155 e. The molecule has 2 atom stereocenters. The van der Waals surface area contributed by atoms with E-state index in [-0.39, 0.29) is 11.6 Å². The lowest BCUT2D eigenvalue weighted by atomic mass is 9.83. The summed E-state index contributed by atoms with van der Waals surface area (Å²) in [5, 5.41) is 3.48. The van der Waals surface area contributed by atoms with Crippen molar-refractivity contribution in [2.45, 2.75) is 57.1 Å².